The SMILES string of the molecule is CCCCCCCCN1C(CC(=O)Nc2cc(C(C)(C)C)ccc2OCCC)=Nc2ccccc2S1(=O)=O. The summed E-state index contributed by atoms with van der Waals surface area (Å²) >= 11 is 0. The molecule has 38 heavy (non-hydrogen) atoms. The second-order valence-electron chi connectivity index (χ2n) is 10.9. The number of benzene rings is 2. The van der Waals surface area contributed by atoms with E-state index in [2.05, 4.69) is 38.0 Å². The standard InChI is InChI=1S/C30H43N3O4S/c1-6-8-9-10-11-14-19-33-28(31-24-15-12-13-16-27(24)38(33,35)36)22-29(34)32-25-21-23(30(3,4)5)17-18-26(25)37-20-7-2/h12-13,15-18,21H,6-11,14,19-20,22H2,1-5H3,(H,32,34). The lowest BCUT2D eigenvalue weighted by molar-refractivity contribution is -0.115. The van der Waals surface area contributed by atoms with Crippen molar-refractivity contribution >= 4 is 33.1 Å². The molecule has 0 saturated heterocycles. The number of unbranched alkanes of at least 4 members (excludes halogenated alkanes) is 5. The highest BCUT2D eigenvalue weighted by Crippen LogP contribution is 2.34. The van der Waals surface area contributed by atoms with Gasteiger partial charge in [0.05, 0.1) is 24.4 Å². The number of carbonyl (C=O) groups excluding carboxylic acids is 1. The first-order valence-corrected chi connectivity index (χ1v) is 15.3. The molecular formula is C30H43N3O4S. The quantitative estimate of drug-likeness (QED) is 0.272. The molecule has 0 spiro atoms. The molecule has 3 rings (SSSR count). The van der Waals surface area contributed by atoms with Crippen LogP contribution in [0.5, 0.6) is 5.75 Å². The van der Waals surface area contributed by atoms with E-state index in [1.165, 1.54) is 10.7 Å². The van der Waals surface area contributed by atoms with E-state index in [9.17, 15) is 13.2 Å². The Bertz CT molecular complexity index is 1230. The highest BCUT2D eigenvalue weighted by Gasteiger charge is 2.34. The molecule has 1 heterocycles. The number of amides is 1. The number of sulfonamides is 1. The van der Waals surface area contributed by atoms with E-state index in [-0.39, 0.29) is 28.5 Å². The number of rotatable bonds is 13. The van der Waals surface area contributed by atoms with Gasteiger partial charge in [-0.25, -0.2) is 13.4 Å². The maximum absolute atomic E-state index is 13.5. The summed E-state index contributed by atoms with van der Waals surface area (Å²) in [5.74, 6) is 0.511. The molecule has 0 aliphatic carbocycles. The number of aliphatic imine (C=N–C) groups is 1. The van der Waals surface area contributed by atoms with Crippen molar-refractivity contribution < 1.29 is 17.9 Å². The molecule has 0 fully saturated rings. The lowest BCUT2D eigenvalue weighted by Crippen LogP contribution is -2.41. The van der Waals surface area contributed by atoms with Gasteiger partial charge in [-0.1, -0.05) is 84.9 Å². The van der Waals surface area contributed by atoms with Crippen LogP contribution >= 0.6 is 0 Å². The molecule has 1 aliphatic heterocycles. The molecule has 2 aromatic rings. The number of carbonyl (C=O) groups is 1. The van der Waals surface area contributed by atoms with Crippen molar-refractivity contribution in [2.45, 2.75) is 96.3 Å². The van der Waals surface area contributed by atoms with Gasteiger partial charge < -0.3 is 10.1 Å². The van der Waals surface area contributed by atoms with Crippen LogP contribution in [0.2, 0.25) is 0 Å². The van der Waals surface area contributed by atoms with E-state index >= 15 is 0 Å². The summed E-state index contributed by atoms with van der Waals surface area (Å²) in [7, 11) is -3.80. The van der Waals surface area contributed by atoms with Gasteiger partial charge >= 0.3 is 0 Å². The van der Waals surface area contributed by atoms with Crippen molar-refractivity contribution in [2.24, 2.45) is 4.99 Å². The maximum atomic E-state index is 13.5. The zero-order valence-electron chi connectivity index (χ0n) is 23.5. The smallest absolute Gasteiger partial charge is 0.267 e. The minimum Gasteiger partial charge on any atom is -0.491 e. The molecule has 0 unspecified atom stereocenters. The first-order chi connectivity index (χ1) is 18.1. The molecule has 0 atom stereocenters. The van der Waals surface area contributed by atoms with E-state index in [0.717, 1.165) is 37.7 Å². The molecule has 1 N–H and O–H groups in total. The largest absolute Gasteiger partial charge is 0.491 e. The van der Waals surface area contributed by atoms with Gasteiger partial charge in [0, 0.05) is 6.54 Å². The summed E-state index contributed by atoms with van der Waals surface area (Å²) in [6.45, 7) is 11.4. The molecule has 8 heteroatoms. The minimum atomic E-state index is -3.80. The Kier molecular flexibility index (Phi) is 10.4. The third-order valence-electron chi connectivity index (χ3n) is 6.59. The lowest BCUT2D eigenvalue weighted by Gasteiger charge is -2.30. The van der Waals surface area contributed by atoms with Gasteiger partial charge in [-0.3, -0.25) is 9.10 Å². The van der Waals surface area contributed by atoms with Gasteiger partial charge in [0.15, 0.2) is 0 Å². The van der Waals surface area contributed by atoms with Crippen LogP contribution in [0.3, 0.4) is 0 Å². The maximum Gasteiger partial charge on any atom is 0.267 e. The van der Waals surface area contributed by atoms with Crippen molar-refractivity contribution in [3.05, 3.63) is 48.0 Å². The molecule has 0 saturated carbocycles. The van der Waals surface area contributed by atoms with E-state index in [1.54, 1.807) is 24.3 Å². The van der Waals surface area contributed by atoms with Crippen molar-refractivity contribution in [1.82, 2.24) is 4.31 Å². The van der Waals surface area contributed by atoms with Crippen LogP contribution in [0.15, 0.2) is 52.4 Å². The van der Waals surface area contributed by atoms with Crippen molar-refractivity contribution in [3.63, 3.8) is 0 Å². The lowest BCUT2D eigenvalue weighted by atomic mass is 9.87. The number of anilines is 1. The molecule has 0 aromatic heterocycles. The first kappa shape index (κ1) is 29.7. The number of hydrogen-bond acceptors (Lipinski definition) is 5. The molecule has 2 aromatic carbocycles. The van der Waals surface area contributed by atoms with Crippen LogP contribution in [0, 0.1) is 0 Å². The van der Waals surface area contributed by atoms with Crippen LogP contribution in [0.25, 0.3) is 0 Å². The predicted octanol–water partition coefficient (Wildman–Crippen LogP) is 7.20. The van der Waals surface area contributed by atoms with E-state index < -0.39 is 10.0 Å². The third-order valence-corrected chi connectivity index (χ3v) is 8.46. The predicted molar refractivity (Wildman–Crippen MR) is 155 cm³/mol. The van der Waals surface area contributed by atoms with Gasteiger partial charge in [-0.2, -0.15) is 0 Å². The summed E-state index contributed by atoms with van der Waals surface area (Å²) in [5, 5.41) is 2.98. The Morgan fingerprint density at radius 2 is 1.68 bits per heavy atom. The molecule has 208 valence electrons. The summed E-state index contributed by atoms with van der Waals surface area (Å²) in [6.07, 6.45) is 6.89. The molecule has 1 amide bonds. The van der Waals surface area contributed by atoms with E-state index in [0.29, 0.717) is 36.7 Å². The Labute approximate surface area is 228 Å². The summed E-state index contributed by atoms with van der Waals surface area (Å²) in [6, 6.07) is 12.5. The Morgan fingerprint density at radius 1 is 0.974 bits per heavy atom. The van der Waals surface area contributed by atoms with E-state index in [1.807, 2.05) is 25.1 Å². The Morgan fingerprint density at radius 3 is 2.39 bits per heavy atom. The van der Waals surface area contributed by atoms with Gasteiger partial charge in [0.1, 0.15) is 16.5 Å². The van der Waals surface area contributed by atoms with Crippen molar-refractivity contribution in [2.75, 3.05) is 18.5 Å². The van der Waals surface area contributed by atoms with Crippen LogP contribution in [-0.4, -0.2) is 37.6 Å². The van der Waals surface area contributed by atoms with Gasteiger partial charge in [0.2, 0.25) is 5.91 Å². The number of amidine groups is 1. The number of nitrogens with zero attached hydrogens (tertiary/aromatic N) is 2. The Hall–Kier alpha value is -2.87. The van der Waals surface area contributed by atoms with Gasteiger partial charge in [-0.15, -0.1) is 0 Å². The topological polar surface area (TPSA) is 88.1 Å². The summed E-state index contributed by atoms with van der Waals surface area (Å²) in [5.41, 5.74) is 1.91. The highest BCUT2D eigenvalue weighted by molar-refractivity contribution is 7.90. The number of nitrogens with one attached hydrogen (secondary N) is 1. The number of para-hydroxylation sites is 1. The zero-order chi connectivity index (χ0) is 27.8. The zero-order valence-corrected chi connectivity index (χ0v) is 24.4. The third kappa shape index (κ3) is 7.59. The minimum absolute atomic E-state index is 0.109. The number of hydrogen-bond donors (Lipinski definition) is 1. The van der Waals surface area contributed by atoms with Crippen LogP contribution in [0.4, 0.5) is 11.4 Å². The Balaban J connectivity index is 1.84. The van der Waals surface area contributed by atoms with Crippen LogP contribution < -0.4 is 10.1 Å². The fraction of sp³-hybridized carbons (Fsp3) is 0.533. The summed E-state index contributed by atoms with van der Waals surface area (Å²) < 4.78 is 34.3. The van der Waals surface area contributed by atoms with E-state index in [4.69, 9.17) is 4.74 Å². The second kappa shape index (κ2) is 13.3. The average Bonchev–Trinajstić information content (AvgIpc) is 2.86. The van der Waals surface area contributed by atoms with Crippen LogP contribution in [0.1, 0.15) is 91.5 Å². The van der Waals surface area contributed by atoms with Gasteiger partial charge in [-0.05, 0) is 48.1 Å². The number of ether oxygens (including phenoxy) is 1. The molecule has 7 nitrogen and oxygen atoms in total. The fourth-order valence-corrected chi connectivity index (χ4v) is 6.02. The van der Waals surface area contributed by atoms with Gasteiger partial charge in [0.25, 0.3) is 10.0 Å². The average molecular weight is 542 g/mol. The van der Waals surface area contributed by atoms with Crippen LogP contribution in [-0.2, 0) is 20.2 Å². The monoisotopic (exact) mass is 541 g/mol. The number of fused-ring (bicyclic) bond motifs is 1. The molecule has 1 aliphatic rings. The fourth-order valence-electron chi connectivity index (χ4n) is 4.40. The normalized spacial score (nSPS) is 14.6. The second-order valence-corrected chi connectivity index (χ2v) is 12.7. The highest BCUT2D eigenvalue weighted by atomic mass is 32.2. The summed E-state index contributed by atoms with van der Waals surface area (Å²) in [4.78, 5) is 18.1. The van der Waals surface area contributed by atoms with Crippen molar-refractivity contribution in [3.8, 4) is 5.75 Å². The van der Waals surface area contributed by atoms with Crippen molar-refractivity contribution in [1.29, 1.82) is 0 Å². The molecule has 0 radical (unpaired) electrons. The first-order valence-electron chi connectivity index (χ1n) is 13.8. The molecular weight excluding hydrogens is 498 g/mol. The molecule has 0 bridgehead atoms.